The Bertz CT molecular complexity index is 822. The van der Waals surface area contributed by atoms with Crippen LogP contribution in [0.5, 0.6) is 0 Å². The molecule has 20 heavy (non-hydrogen) atoms. The number of hydrogen-bond acceptors (Lipinski definition) is 0. The van der Waals surface area contributed by atoms with Crippen molar-refractivity contribution in [2.75, 3.05) is 0 Å². The van der Waals surface area contributed by atoms with Crippen LogP contribution in [-0.2, 0) is 0 Å². The molecule has 0 aliphatic heterocycles. The normalized spacial score (nSPS) is 11.0. The van der Waals surface area contributed by atoms with Crippen LogP contribution in [0, 0.1) is 12.1 Å². The van der Waals surface area contributed by atoms with E-state index in [-0.39, 0.29) is 0 Å². The molecule has 2 aliphatic carbocycles. The summed E-state index contributed by atoms with van der Waals surface area (Å²) < 4.78 is 0. The summed E-state index contributed by atoms with van der Waals surface area (Å²) in [6.45, 7) is 0. The van der Waals surface area contributed by atoms with Gasteiger partial charge in [-0.05, 0) is 51.2 Å². The van der Waals surface area contributed by atoms with Gasteiger partial charge in [-0.2, -0.15) is 0 Å². The van der Waals surface area contributed by atoms with E-state index in [1.165, 1.54) is 16.3 Å². The number of benzene rings is 2. The smallest absolute Gasteiger partial charge is 0.00137 e. The highest BCUT2D eigenvalue weighted by Gasteiger charge is 2.09. The Labute approximate surface area is 118 Å². The van der Waals surface area contributed by atoms with Crippen LogP contribution in [0.2, 0.25) is 0 Å². The molecule has 0 aromatic heterocycles. The molecule has 2 aliphatic rings. The van der Waals surface area contributed by atoms with E-state index in [4.69, 9.17) is 0 Å². The predicted octanol–water partition coefficient (Wildman–Crippen LogP) is 5.21. The number of rotatable bonds is 1. The molecule has 0 saturated carbocycles. The number of fused-ring (bicyclic) bond motifs is 2. The molecule has 2 aromatic carbocycles. The topological polar surface area (TPSA) is 0 Å². The lowest BCUT2D eigenvalue weighted by Crippen LogP contribution is -1.78. The summed E-state index contributed by atoms with van der Waals surface area (Å²) in [5.41, 5.74) is 4.60. The van der Waals surface area contributed by atoms with Gasteiger partial charge in [0.2, 0.25) is 0 Å². The highest BCUT2D eigenvalue weighted by atomic mass is 14.1. The van der Waals surface area contributed by atoms with Crippen molar-refractivity contribution in [3.8, 4) is 22.3 Å². The molecule has 92 valence electrons. The maximum absolute atomic E-state index is 3.49. The average Bonchev–Trinajstić information content (AvgIpc) is 2.77. The predicted molar refractivity (Wildman–Crippen MR) is 83.7 cm³/mol. The maximum Gasteiger partial charge on any atom is -0.00137 e. The Morgan fingerprint density at radius 1 is 0.700 bits per heavy atom. The Hall–Kier alpha value is -2.60. The van der Waals surface area contributed by atoms with Crippen molar-refractivity contribution >= 4 is 10.8 Å². The zero-order valence-electron chi connectivity index (χ0n) is 10.9. The third-order valence-corrected chi connectivity index (χ3v) is 3.63. The van der Waals surface area contributed by atoms with Gasteiger partial charge in [-0.1, -0.05) is 66.7 Å². The molecule has 0 atom stereocenters. The van der Waals surface area contributed by atoms with Crippen LogP contribution >= 0.6 is 0 Å². The summed E-state index contributed by atoms with van der Waals surface area (Å²) in [5, 5.41) is 2.47. The first-order chi connectivity index (χ1) is 9.92. The van der Waals surface area contributed by atoms with E-state index in [1.807, 2.05) is 12.1 Å². The van der Waals surface area contributed by atoms with Gasteiger partial charge in [0, 0.05) is 0 Å². The molecule has 0 N–H and O–H groups in total. The Morgan fingerprint density at radius 3 is 2.55 bits per heavy atom. The van der Waals surface area contributed by atoms with Crippen LogP contribution < -0.4 is 0 Å². The quantitative estimate of drug-likeness (QED) is 0.436. The second kappa shape index (κ2) is 4.50. The minimum Gasteiger partial charge on any atom is -0.0622 e. The lowest BCUT2D eigenvalue weighted by atomic mass is 10.0. The molecule has 4 rings (SSSR count). The van der Waals surface area contributed by atoms with Crippen molar-refractivity contribution in [2.45, 2.75) is 0 Å². The van der Waals surface area contributed by atoms with Gasteiger partial charge in [0.1, 0.15) is 0 Å². The zero-order chi connectivity index (χ0) is 13.4. The van der Waals surface area contributed by atoms with Crippen LogP contribution in [0.4, 0.5) is 0 Å². The first kappa shape index (κ1) is 11.2. The van der Waals surface area contributed by atoms with Gasteiger partial charge in [0.05, 0.1) is 0 Å². The molecule has 0 bridgehead atoms. The Balaban J connectivity index is 2.00. The molecule has 0 nitrogen and oxygen atoms in total. The van der Waals surface area contributed by atoms with Crippen LogP contribution in [0.3, 0.4) is 0 Å². The number of hydrogen-bond donors (Lipinski definition) is 0. The van der Waals surface area contributed by atoms with Gasteiger partial charge < -0.3 is 0 Å². The van der Waals surface area contributed by atoms with Crippen molar-refractivity contribution in [3.63, 3.8) is 0 Å². The van der Waals surface area contributed by atoms with Crippen LogP contribution in [0.15, 0.2) is 72.8 Å². The van der Waals surface area contributed by atoms with Crippen molar-refractivity contribution < 1.29 is 0 Å². The van der Waals surface area contributed by atoms with Gasteiger partial charge in [-0.15, -0.1) is 0 Å². The van der Waals surface area contributed by atoms with E-state index < -0.39 is 0 Å². The van der Waals surface area contributed by atoms with E-state index in [9.17, 15) is 0 Å². The Kier molecular flexibility index (Phi) is 2.53. The summed E-state index contributed by atoms with van der Waals surface area (Å²) in [7, 11) is 0. The molecular formula is C20H12. The molecular weight excluding hydrogens is 240 g/mol. The third-order valence-electron chi connectivity index (χ3n) is 3.63. The molecule has 0 fully saturated rings. The van der Waals surface area contributed by atoms with Gasteiger partial charge in [-0.3, -0.25) is 0 Å². The van der Waals surface area contributed by atoms with Gasteiger partial charge in [-0.25, -0.2) is 0 Å². The molecule has 0 amide bonds. The van der Waals surface area contributed by atoms with Gasteiger partial charge in [0.25, 0.3) is 0 Å². The summed E-state index contributed by atoms with van der Waals surface area (Å²) >= 11 is 0. The molecule has 2 aromatic rings. The van der Waals surface area contributed by atoms with Crippen molar-refractivity contribution in [2.24, 2.45) is 0 Å². The fourth-order valence-electron chi connectivity index (χ4n) is 2.66. The summed E-state index contributed by atoms with van der Waals surface area (Å²) in [4.78, 5) is 0. The van der Waals surface area contributed by atoms with E-state index >= 15 is 0 Å². The second-order valence-corrected chi connectivity index (χ2v) is 4.90. The fourth-order valence-corrected chi connectivity index (χ4v) is 2.66. The summed E-state index contributed by atoms with van der Waals surface area (Å²) in [6.07, 6.45) is 0. The molecule has 0 saturated heterocycles. The molecule has 0 heteroatoms. The summed E-state index contributed by atoms with van der Waals surface area (Å²) in [5.74, 6) is 0. The largest absolute Gasteiger partial charge is 0.0622 e. The maximum atomic E-state index is 3.49. The first-order valence-electron chi connectivity index (χ1n) is 6.73. The minimum atomic E-state index is 1.11. The van der Waals surface area contributed by atoms with E-state index in [0.29, 0.717) is 0 Å². The SMILES string of the molecule is [c]1c2cccccc-2cc1-c1[c]ccc2ccccc12. The highest BCUT2D eigenvalue weighted by molar-refractivity contribution is 5.98. The standard InChI is InChI=1S/C20H12/c1-2-8-16-13-18(14-17(16)9-3-1)20-12-6-10-15-7-4-5-11-19(15)20/h1-11,13H. The first-order valence-corrected chi connectivity index (χ1v) is 6.73. The van der Waals surface area contributed by atoms with Gasteiger partial charge >= 0.3 is 0 Å². The Morgan fingerprint density at radius 2 is 1.55 bits per heavy atom. The van der Waals surface area contributed by atoms with Crippen molar-refractivity contribution in [1.29, 1.82) is 0 Å². The van der Waals surface area contributed by atoms with E-state index in [2.05, 4.69) is 72.8 Å². The molecule has 0 heterocycles. The highest BCUT2D eigenvalue weighted by Crippen LogP contribution is 2.34. The summed E-state index contributed by atoms with van der Waals surface area (Å²) in [6, 6.07) is 31.9. The van der Waals surface area contributed by atoms with Crippen molar-refractivity contribution in [3.05, 3.63) is 84.9 Å². The van der Waals surface area contributed by atoms with Crippen LogP contribution in [0.25, 0.3) is 33.0 Å². The van der Waals surface area contributed by atoms with E-state index in [1.54, 1.807) is 0 Å². The van der Waals surface area contributed by atoms with Gasteiger partial charge in [0.15, 0.2) is 0 Å². The average molecular weight is 252 g/mol. The molecule has 2 radical (unpaired) electrons. The molecule has 0 unspecified atom stereocenters. The zero-order valence-corrected chi connectivity index (χ0v) is 10.9. The monoisotopic (exact) mass is 252 g/mol. The molecule has 0 spiro atoms. The third kappa shape index (κ3) is 1.78. The van der Waals surface area contributed by atoms with Crippen LogP contribution in [0.1, 0.15) is 0 Å². The van der Waals surface area contributed by atoms with E-state index in [0.717, 1.165) is 16.7 Å². The lowest BCUT2D eigenvalue weighted by Gasteiger charge is -2.03. The fraction of sp³-hybridized carbons (Fsp3) is 0. The van der Waals surface area contributed by atoms with Crippen molar-refractivity contribution in [1.82, 2.24) is 0 Å². The van der Waals surface area contributed by atoms with Crippen LogP contribution in [-0.4, -0.2) is 0 Å². The lowest BCUT2D eigenvalue weighted by molar-refractivity contribution is 1.70. The minimum absolute atomic E-state index is 1.11. The second-order valence-electron chi connectivity index (χ2n) is 4.90.